The summed E-state index contributed by atoms with van der Waals surface area (Å²) in [5.74, 6) is 0.528. The first kappa shape index (κ1) is 28.5. The average molecular weight is 557 g/mol. The lowest BCUT2D eigenvalue weighted by Gasteiger charge is -2.24. The number of benzene rings is 4. The quantitative estimate of drug-likeness (QED) is 0.198. The molecule has 210 valence electrons. The zero-order valence-electron chi connectivity index (χ0n) is 23.6. The molecule has 0 radical (unpaired) electrons. The summed E-state index contributed by atoms with van der Waals surface area (Å²) in [6, 6.07) is 34.4. The molecular weight excluding hydrogens is 524 g/mol. The van der Waals surface area contributed by atoms with Gasteiger partial charge in [-0.25, -0.2) is 4.98 Å². The van der Waals surface area contributed by atoms with Gasteiger partial charge >= 0.3 is 0 Å². The van der Waals surface area contributed by atoms with E-state index in [1.807, 2.05) is 67.6 Å². The zero-order valence-corrected chi connectivity index (χ0v) is 23.6. The molecule has 1 aromatic heterocycles. The number of amides is 1. The number of rotatable bonds is 11. The van der Waals surface area contributed by atoms with Gasteiger partial charge in [-0.05, 0) is 60.0 Å². The van der Waals surface area contributed by atoms with Gasteiger partial charge in [0.25, 0.3) is 5.56 Å². The summed E-state index contributed by atoms with van der Waals surface area (Å²) >= 11 is 0. The Morgan fingerprint density at radius 3 is 2.29 bits per heavy atom. The summed E-state index contributed by atoms with van der Waals surface area (Å²) < 4.78 is 7.16. The Hall–Kier alpha value is -5.06. The van der Waals surface area contributed by atoms with E-state index >= 15 is 0 Å². The summed E-state index contributed by atoms with van der Waals surface area (Å²) in [5, 5.41) is 9.74. The third-order valence-corrected chi connectivity index (χ3v) is 7.18. The fourth-order valence-electron chi connectivity index (χ4n) is 4.95. The molecule has 0 spiro atoms. The number of ether oxygens (including phenoxy) is 1. The Labute approximate surface area is 245 Å². The normalized spacial score (nSPS) is 10.9. The van der Waals surface area contributed by atoms with Gasteiger partial charge in [-0.2, -0.15) is 5.26 Å². The van der Waals surface area contributed by atoms with Crippen LogP contribution in [0, 0.1) is 11.3 Å². The first-order valence-corrected chi connectivity index (χ1v) is 14.1. The highest BCUT2D eigenvalue weighted by atomic mass is 16.5. The van der Waals surface area contributed by atoms with Gasteiger partial charge in [-0.15, -0.1) is 0 Å². The van der Waals surface area contributed by atoms with Gasteiger partial charge < -0.3 is 9.64 Å². The molecule has 0 unspecified atom stereocenters. The van der Waals surface area contributed by atoms with Crippen LogP contribution < -0.4 is 5.56 Å². The number of hydrogen-bond donors (Lipinski definition) is 0. The van der Waals surface area contributed by atoms with E-state index in [9.17, 15) is 14.9 Å². The lowest BCUT2D eigenvalue weighted by Crippen LogP contribution is -2.37. The molecule has 0 aliphatic carbocycles. The lowest BCUT2D eigenvalue weighted by molar-refractivity contribution is -0.131. The molecule has 7 heteroatoms. The Kier molecular flexibility index (Phi) is 9.17. The number of carbonyl (C=O) groups is 1. The summed E-state index contributed by atoms with van der Waals surface area (Å²) in [7, 11) is 0. The minimum absolute atomic E-state index is 0.0183. The minimum Gasteiger partial charge on any atom is -0.380 e. The van der Waals surface area contributed by atoms with Crippen molar-refractivity contribution in [3.05, 3.63) is 130 Å². The summed E-state index contributed by atoms with van der Waals surface area (Å²) in [6.07, 6.45) is 0.625. The van der Waals surface area contributed by atoms with Crippen molar-refractivity contribution < 1.29 is 9.53 Å². The number of nitriles is 1. The van der Waals surface area contributed by atoms with Gasteiger partial charge in [0.05, 0.1) is 41.3 Å². The third kappa shape index (κ3) is 6.63. The Balaban J connectivity index is 1.39. The predicted molar refractivity (Wildman–Crippen MR) is 164 cm³/mol. The number of nitrogens with zero attached hydrogens (tertiary/aromatic N) is 4. The van der Waals surface area contributed by atoms with Crippen LogP contribution in [0.4, 0.5) is 0 Å². The SMILES string of the molecule is CCOCCN(CCc1nc2ccccc2c(=O)n1-c1ccc(C#N)cc1)C(=O)Cc1ccc(-c2ccccc2)cc1. The van der Waals surface area contributed by atoms with Crippen molar-refractivity contribution in [2.75, 3.05) is 26.3 Å². The first-order chi connectivity index (χ1) is 20.6. The molecule has 5 rings (SSSR count). The Bertz CT molecular complexity index is 1760. The molecule has 1 heterocycles. The van der Waals surface area contributed by atoms with E-state index in [2.05, 4.69) is 18.2 Å². The van der Waals surface area contributed by atoms with Crippen molar-refractivity contribution in [3.63, 3.8) is 0 Å². The second-order valence-corrected chi connectivity index (χ2v) is 9.91. The third-order valence-electron chi connectivity index (χ3n) is 7.18. The predicted octanol–water partition coefficient (Wildman–Crippen LogP) is 5.57. The average Bonchev–Trinajstić information content (AvgIpc) is 3.03. The van der Waals surface area contributed by atoms with E-state index < -0.39 is 0 Å². The highest BCUT2D eigenvalue weighted by Crippen LogP contribution is 2.20. The molecule has 0 aliphatic rings. The van der Waals surface area contributed by atoms with Crippen molar-refractivity contribution >= 4 is 16.8 Å². The largest absolute Gasteiger partial charge is 0.380 e. The standard InChI is InChI=1S/C35H32N4O3/c1-2-42-23-22-38(34(40)24-26-12-16-29(17-13-26)28-8-4-3-5-9-28)21-20-33-37-32-11-7-6-10-31(32)35(41)39(33)30-18-14-27(25-36)15-19-30/h3-19H,2,20-24H2,1H3. The van der Waals surface area contributed by atoms with Gasteiger partial charge in [0.2, 0.25) is 5.91 Å². The van der Waals surface area contributed by atoms with Crippen molar-refractivity contribution in [2.24, 2.45) is 0 Å². The van der Waals surface area contributed by atoms with Crippen molar-refractivity contribution in [1.29, 1.82) is 5.26 Å². The first-order valence-electron chi connectivity index (χ1n) is 14.1. The molecule has 0 aliphatic heterocycles. The van der Waals surface area contributed by atoms with E-state index in [4.69, 9.17) is 9.72 Å². The zero-order chi connectivity index (χ0) is 29.3. The molecule has 0 fully saturated rings. The molecule has 0 N–H and O–H groups in total. The molecule has 7 nitrogen and oxygen atoms in total. The minimum atomic E-state index is -0.189. The second-order valence-electron chi connectivity index (χ2n) is 9.91. The van der Waals surface area contributed by atoms with E-state index in [0.717, 1.165) is 16.7 Å². The molecule has 1 amide bonds. The fourth-order valence-corrected chi connectivity index (χ4v) is 4.95. The van der Waals surface area contributed by atoms with Gasteiger partial charge in [0.15, 0.2) is 0 Å². The van der Waals surface area contributed by atoms with Crippen LogP contribution in [0.2, 0.25) is 0 Å². The summed E-state index contributed by atoms with van der Waals surface area (Å²) in [4.78, 5) is 33.8. The smallest absolute Gasteiger partial charge is 0.265 e. The highest BCUT2D eigenvalue weighted by Gasteiger charge is 2.18. The van der Waals surface area contributed by atoms with Crippen LogP contribution in [-0.2, 0) is 22.4 Å². The van der Waals surface area contributed by atoms with Crippen LogP contribution in [0.25, 0.3) is 27.7 Å². The monoisotopic (exact) mass is 556 g/mol. The molecule has 42 heavy (non-hydrogen) atoms. The second kappa shape index (κ2) is 13.5. The highest BCUT2D eigenvalue weighted by molar-refractivity contribution is 5.79. The number of para-hydroxylation sites is 1. The molecule has 0 atom stereocenters. The number of aromatic nitrogens is 2. The van der Waals surface area contributed by atoms with Crippen molar-refractivity contribution in [1.82, 2.24) is 14.5 Å². The molecule has 0 saturated carbocycles. The molecule has 0 bridgehead atoms. The lowest BCUT2D eigenvalue weighted by atomic mass is 10.0. The maximum Gasteiger partial charge on any atom is 0.265 e. The van der Waals surface area contributed by atoms with E-state index in [1.54, 1.807) is 39.8 Å². The van der Waals surface area contributed by atoms with Crippen LogP contribution in [-0.4, -0.2) is 46.7 Å². The van der Waals surface area contributed by atoms with Crippen molar-refractivity contribution in [3.8, 4) is 22.9 Å². The van der Waals surface area contributed by atoms with Gasteiger partial charge in [0, 0.05) is 26.1 Å². The summed E-state index contributed by atoms with van der Waals surface area (Å²) in [6.45, 7) is 3.71. The van der Waals surface area contributed by atoms with E-state index in [1.165, 1.54) is 0 Å². The van der Waals surface area contributed by atoms with Crippen LogP contribution in [0.1, 0.15) is 23.9 Å². The van der Waals surface area contributed by atoms with Crippen LogP contribution in [0.5, 0.6) is 0 Å². The molecular formula is C35H32N4O3. The summed E-state index contributed by atoms with van der Waals surface area (Å²) in [5.41, 5.74) is 4.70. The molecule has 5 aromatic rings. The Morgan fingerprint density at radius 1 is 0.881 bits per heavy atom. The maximum absolute atomic E-state index is 13.6. The molecule has 4 aromatic carbocycles. The van der Waals surface area contributed by atoms with Crippen molar-refractivity contribution in [2.45, 2.75) is 19.8 Å². The fraction of sp³-hybridized carbons (Fsp3) is 0.200. The van der Waals surface area contributed by atoms with Gasteiger partial charge in [-0.3, -0.25) is 14.2 Å². The molecule has 0 saturated heterocycles. The maximum atomic E-state index is 13.6. The van der Waals surface area contributed by atoms with Gasteiger partial charge in [-0.1, -0.05) is 66.7 Å². The number of carbonyl (C=O) groups excluding carboxylic acids is 1. The van der Waals surface area contributed by atoms with E-state index in [-0.39, 0.29) is 17.9 Å². The topological polar surface area (TPSA) is 88.2 Å². The van der Waals surface area contributed by atoms with E-state index in [0.29, 0.717) is 60.7 Å². The number of hydrogen-bond acceptors (Lipinski definition) is 5. The Morgan fingerprint density at radius 2 is 1.57 bits per heavy atom. The number of fused-ring (bicyclic) bond motifs is 1. The van der Waals surface area contributed by atoms with Crippen LogP contribution in [0.3, 0.4) is 0 Å². The van der Waals surface area contributed by atoms with Gasteiger partial charge in [0.1, 0.15) is 5.82 Å². The van der Waals surface area contributed by atoms with Crippen LogP contribution in [0.15, 0.2) is 108 Å². The van der Waals surface area contributed by atoms with Crippen LogP contribution >= 0.6 is 0 Å².